The van der Waals surface area contributed by atoms with Gasteiger partial charge in [0.15, 0.2) is 0 Å². The fraction of sp³-hybridized carbons (Fsp3) is 0.300. The highest BCUT2D eigenvalue weighted by molar-refractivity contribution is 7.99. The molecule has 5 nitrogen and oxygen atoms in total. The average Bonchev–Trinajstić information content (AvgIpc) is 3.09. The Bertz CT molecular complexity index is 822. The predicted octanol–water partition coefficient (Wildman–Crippen LogP) is 3.36. The number of nitrogens with zero attached hydrogens (tertiary/aromatic N) is 2. The molecule has 0 aliphatic carbocycles. The zero-order chi connectivity index (χ0) is 17.9. The molecule has 1 fully saturated rings. The summed E-state index contributed by atoms with van der Waals surface area (Å²) in [5.41, 5.74) is 2.78. The summed E-state index contributed by atoms with van der Waals surface area (Å²) in [6.07, 6.45) is 1.53. The molecule has 0 aromatic heterocycles. The molecule has 1 N–H and O–H groups in total. The zero-order valence-corrected chi connectivity index (χ0v) is 15.3. The van der Waals surface area contributed by atoms with Gasteiger partial charge in [0, 0.05) is 41.5 Å². The van der Waals surface area contributed by atoms with Gasteiger partial charge in [0.2, 0.25) is 11.8 Å². The summed E-state index contributed by atoms with van der Waals surface area (Å²) in [5.74, 6) is 1.13. The van der Waals surface area contributed by atoms with Crippen LogP contribution in [0, 0.1) is 0 Å². The zero-order valence-electron chi connectivity index (χ0n) is 14.5. The largest absolute Gasteiger partial charge is 0.360 e. The van der Waals surface area contributed by atoms with Crippen LogP contribution in [0.3, 0.4) is 0 Å². The van der Waals surface area contributed by atoms with E-state index in [1.807, 2.05) is 48.2 Å². The molecule has 2 heterocycles. The molecule has 0 unspecified atom stereocenters. The van der Waals surface area contributed by atoms with Gasteiger partial charge in [-0.25, -0.2) is 0 Å². The van der Waals surface area contributed by atoms with Crippen molar-refractivity contribution in [1.82, 2.24) is 0 Å². The monoisotopic (exact) mass is 367 g/mol. The molecule has 2 amide bonds. The van der Waals surface area contributed by atoms with Crippen LogP contribution in [0.5, 0.6) is 0 Å². The lowest BCUT2D eigenvalue weighted by molar-refractivity contribution is -0.117. The van der Waals surface area contributed by atoms with Crippen molar-refractivity contribution in [2.45, 2.75) is 17.7 Å². The first-order valence-corrected chi connectivity index (χ1v) is 9.86. The van der Waals surface area contributed by atoms with E-state index in [1.54, 1.807) is 4.90 Å². The molecular weight excluding hydrogens is 346 g/mol. The molecular formula is C20H21N3O2S. The first-order valence-electron chi connectivity index (χ1n) is 8.88. The Morgan fingerprint density at radius 1 is 1.08 bits per heavy atom. The van der Waals surface area contributed by atoms with E-state index in [2.05, 4.69) is 22.3 Å². The van der Waals surface area contributed by atoms with Crippen LogP contribution >= 0.6 is 11.8 Å². The molecule has 4 rings (SSSR count). The van der Waals surface area contributed by atoms with E-state index in [9.17, 15) is 9.59 Å². The summed E-state index contributed by atoms with van der Waals surface area (Å²) in [6, 6.07) is 15.7. The number of carbonyl (C=O) groups is 2. The normalized spacial score (nSPS) is 16.5. The van der Waals surface area contributed by atoms with E-state index in [0.717, 1.165) is 42.3 Å². The molecule has 1 saturated heterocycles. The number of anilines is 3. The van der Waals surface area contributed by atoms with Gasteiger partial charge >= 0.3 is 0 Å². The fourth-order valence-corrected chi connectivity index (χ4v) is 4.46. The van der Waals surface area contributed by atoms with Gasteiger partial charge in [0.25, 0.3) is 0 Å². The Labute approximate surface area is 157 Å². The summed E-state index contributed by atoms with van der Waals surface area (Å²) in [6.45, 7) is 1.98. The molecule has 0 spiro atoms. The third-order valence-electron chi connectivity index (χ3n) is 4.70. The number of fused-ring (bicyclic) bond motifs is 1. The molecule has 0 bridgehead atoms. The van der Waals surface area contributed by atoms with Crippen LogP contribution in [-0.2, 0) is 9.59 Å². The molecule has 2 aliphatic heterocycles. The second-order valence-corrected chi connectivity index (χ2v) is 7.62. The number of benzene rings is 2. The summed E-state index contributed by atoms with van der Waals surface area (Å²) in [7, 11) is 0. The Kier molecular flexibility index (Phi) is 4.84. The van der Waals surface area contributed by atoms with Gasteiger partial charge in [-0.1, -0.05) is 12.1 Å². The molecule has 2 aromatic rings. The number of carbonyl (C=O) groups excluding carboxylic acids is 2. The Hall–Kier alpha value is -2.47. The smallest absolute Gasteiger partial charge is 0.243 e. The van der Waals surface area contributed by atoms with Gasteiger partial charge in [-0.2, -0.15) is 0 Å². The topological polar surface area (TPSA) is 52.7 Å². The minimum absolute atomic E-state index is 0.0308. The third kappa shape index (κ3) is 3.55. The van der Waals surface area contributed by atoms with Gasteiger partial charge in [-0.15, -0.1) is 11.8 Å². The molecule has 6 heteroatoms. The summed E-state index contributed by atoms with van der Waals surface area (Å²) >= 11 is 1.83. The molecule has 2 aromatic carbocycles. The number of para-hydroxylation sites is 1. The first-order chi connectivity index (χ1) is 12.7. The lowest BCUT2D eigenvalue weighted by atomic mass is 10.2. The highest BCUT2D eigenvalue weighted by Gasteiger charge is 2.22. The van der Waals surface area contributed by atoms with Gasteiger partial charge in [0.05, 0.1) is 12.2 Å². The Morgan fingerprint density at radius 3 is 2.65 bits per heavy atom. The second-order valence-electron chi connectivity index (χ2n) is 6.48. The van der Waals surface area contributed by atoms with E-state index < -0.39 is 0 Å². The number of rotatable bonds is 4. The number of hydrogen-bond donors (Lipinski definition) is 1. The summed E-state index contributed by atoms with van der Waals surface area (Å²) < 4.78 is 0. The standard InChI is InChI=1S/C20H21N3O2S/c24-19(14-22-12-13-26-18-5-2-1-4-17(18)22)21-15-7-9-16(10-8-15)23-11-3-6-20(23)25/h1-2,4-5,7-10H,3,6,11-14H2,(H,21,24). The van der Waals surface area contributed by atoms with Crippen molar-refractivity contribution in [3.63, 3.8) is 0 Å². The second kappa shape index (κ2) is 7.41. The van der Waals surface area contributed by atoms with Crippen LogP contribution in [0.15, 0.2) is 53.4 Å². The lowest BCUT2D eigenvalue weighted by Gasteiger charge is -2.30. The molecule has 134 valence electrons. The van der Waals surface area contributed by atoms with Crippen molar-refractivity contribution >= 4 is 40.6 Å². The molecule has 2 aliphatic rings. The molecule has 0 atom stereocenters. The summed E-state index contributed by atoms with van der Waals surface area (Å²) in [5, 5.41) is 2.96. The highest BCUT2D eigenvalue weighted by Crippen LogP contribution is 2.34. The van der Waals surface area contributed by atoms with E-state index in [1.165, 1.54) is 4.90 Å². The maximum Gasteiger partial charge on any atom is 0.243 e. The Balaban J connectivity index is 1.39. The van der Waals surface area contributed by atoms with Crippen LogP contribution in [0.2, 0.25) is 0 Å². The lowest BCUT2D eigenvalue weighted by Crippen LogP contribution is -2.36. The van der Waals surface area contributed by atoms with Crippen LogP contribution in [0.1, 0.15) is 12.8 Å². The molecule has 0 saturated carbocycles. The maximum atomic E-state index is 12.5. The van der Waals surface area contributed by atoms with Crippen LogP contribution < -0.4 is 15.1 Å². The minimum atomic E-state index is -0.0308. The molecule has 0 radical (unpaired) electrons. The van der Waals surface area contributed by atoms with Crippen molar-refractivity contribution in [1.29, 1.82) is 0 Å². The number of hydrogen-bond acceptors (Lipinski definition) is 4. The van der Waals surface area contributed by atoms with Gasteiger partial charge in [0.1, 0.15) is 0 Å². The number of amides is 2. The molecule has 26 heavy (non-hydrogen) atoms. The maximum absolute atomic E-state index is 12.5. The van der Waals surface area contributed by atoms with Crippen LogP contribution in [0.4, 0.5) is 17.1 Å². The van der Waals surface area contributed by atoms with E-state index >= 15 is 0 Å². The summed E-state index contributed by atoms with van der Waals surface area (Å²) in [4.78, 5) is 29.4. The van der Waals surface area contributed by atoms with Crippen molar-refractivity contribution < 1.29 is 9.59 Å². The van der Waals surface area contributed by atoms with Crippen molar-refractivity contribution in [2.75, 3.05) is 40.5 Å². The van der Waals surface area contributed by atoms with E-state index in [0.29, 0.717) is 13.0 Å². The van der Waals surface area contributed by atoms with E-state index in [-0.39, 0.29) is 11.8 Å². The SMILES string of the molecule is O=C(CN1CCSc2ccccc21)Nc1ccc(N2CCCC2=O)cc1. The number of thioether (sulfide) groups is 1. The van der Waals surface area contributed by atoms with Crippen molar-refractivity contribution in [3.8, 4) is 0 Å². The minimum Gasteiger partial charge on any atom is -0.360 e. The van der Waals surface area contributed by atoms with Gasteiger partial charge < -0.3 is 15.1 Å². The fourth-order valence-electron chi connectivity index (χ4n) is 3.41. The van der Waals surface area contributed by atoms with E-state index in [4.69, 9.17) is 0 Å². The third-order valence-corrected chi connectivity index (χ3v) is 5.74. The van der Waals surface area contributed by atoms with Crippen LogP contribution in [0.25, 0.3) is 0 Å². The van der Waals surface area contributed by atoms with Crippen molar-refractivity contribution in [3.05, 3.63) is 48.5 Å². The van der Waals surface area contributed by atoms with Gasteiger partial charge in [-0.05, 0) is 42.8 Å². The van der Waals surface area contributed by atoms with Crippen molar-refractivity contribution in [2.24, 2.45) is 0 Å². The predicted molar refractivity (Wildman–Crippen MR) is 106 cm³/mol. The first kappa shape index (κ1) is 17.0. The van der Waals surface area contributed by atoms with Crippen LogP contribution in [-0.4, -0.2) is 37.2 Å². The average molecular weight is 367 g/mol. The highest BCUT2D eigenvalue weighted by atomic mass is 32.2. The quantitative estimate of drug-likeness (QED) is 0.900. The Morgan fingerprint density at radius 2 is 1.88 bits per heavy atom. The number of nitrogens with one attached hydrogen (secondary N) is 1. The van der Waals surface area contributed by atoms with Gasteiger partial charge in [-0.3, -0.25) is 9.59 Å².